The topological polar surface area (TPSA) is 46.1 Å². The minimum absolute atomic E-state index is 0.110. The van der Waals surface area contributed by atoms with E-state index in [4.69, 9.17) is 14.5 Å². The van der Waals surface area contributed by atoms with E-state index < -0.39 is 0 Å². The smallest absolute Gasteiger partial charge is 0.193 e. The first-order valence-electron chi connectivity index (χ1n) is 11.8. The van der Waals surface area contributed by atoms with Crippen LogP contribution in [0.4, 0.5) is 4.39 Å². The minimum atomic E-state index is -0.201. The van der Waals surface area contributed by atoms with Crippen LogP contribution in [0.1, 0.15) is 38.2 Å². The lowest BCUT2D eigenvalue weighted by Gasteiger charge is -2.38. The molecule has 2 fully saturated rings. The van der Waals surface area contributed by atoms with Crippen LogP contribution in [0.2, 0.25) is 0 Å². The van der Waals surface area contributed by atoms with Crippen LogP contribution in [0, 0.1) is 5.82 Å². The molecule has 5 nitrogen and oxygen atoms in total. The van der Waals surface area contributed by atoms with Gasteiger partial charge in [-0.05, 0) is 49.6 Å². The number of ether oxygens (including phenoxy) is 2. The largest absolute Gasteiger partial charge is 0.490 e. The summed E-state index contributed by atoms with van der Waals surface area (Å²) in [5, 5.41) is 3.48. The first kappa shape index (κ1) is 22.6. The fourth-order valence-electron chi connectivity index (χ4n) is 4.63. The third-order valence-corrected chi connectivity index (χ3v) is 6.56. The molecule has 4 rings (SSSR count). The van der Waals surface area contributed by atoms with Crippen molar-refractivity contribution in [1.29, 1.82) is 0 Å². The molecule has 2 aromatic rings. The zero-order valence-electron chi connectivity index (χ0n) is 18.9. The summed E-state index contributed by atoms with van der Waals surface area (Å²) in [7, 11) is 0. The lowest BCUT2D eigenvalue weighted by atomic mass is 9.74. The molecule has 2 aliphatic heterocycles. The molecule has 0 saturated carbocycles. The summed E-state index contributed by atoms with van der Waals surface area (Å²) in [5.74, 6) is 1.69. The second kappa shape index (κ2) is 10.8. The van der Waals surface area contributed by atoms with Crippen LogP contribution in [0.3, 0.4) is 0 Å². The predicted octanol–water partition coefficient (Wildman–Crippen LogP) is 4.38. The van der Waals surface area contributed by atoms with Crippen LogP contribution in [0.15, 0.2) is 59.6 Å². The summed E-state index contributed by atoms with van der Waals surface area (Å²) in [4.78, 5) is 7.42. The van der Waals surface area contributed by atoms with E-state index in [0.29, 0.717) is 19.8 Å². The monoisotopic (exact) mass is 439 g/mol. The quantitative estimate of drug-likeness (QED) is 0.536. The Hall–Kier alpha value is -2.60. The van der Waals surface area contributed by atoms with E-state index in [-0.39, 0.29) is 17.3 Å². The Morgan fingerprint density at radius 1 is 1.09 bits per heavy atom. The van der Waals surface area contributed by atoms with Crippen molar-refractivity contribution < 1.29 is 13.9 Å². The Morgan fingerprint density at radius 2 is 1.78 bits per heavy atom. The summed E-state index contributed by atoms with van der Waals surface area (Å²) >= 11 is 0. The maximum Gasteiger partial charge on any atom is 0.193 e. The standard InChI is InChI=1S/C26H34FN3O2/c1-2-28-25(30-16-12-24(13-17-30)32-23-6-4-3-5-7-23)29-20-26(14-18-31-19-15-26)21-8-10-22(27)11-9-21/h3-11,24H,2,12-20H2,1H3,(H,28,29). The Balaban J connectivity index is 1.43. The summed E-state index contributed by atoms with van der Waals surface area (Å²) < 4.78 is 25.3. The molecule has 0 spiro atoms. The molecule has 0 unspecified atom stereocenters. The molecule has 2 heterocycles. The molecular weight excluding hydrogens is 405 g/mol. The number of nitrogens with zero attached hydrogens (tertiary/aromatic N) is 2. The van der Waals surface area contributed by atoms with Crippen molar-refractivity contribution in [3.05, 3.63) is 66.0 Å². The highest BCUT2D eigenvalue weighted by Gasteiger charge is 2.35. The summed E-state index contributed by atoms with van der Waals surface area (Å²) in [6.45, 7) is 6.85. The van der Waals surface area contributed by atoms with Gasteiger partial charge in [0.2, 0.25) is 0 Å². The SMILES string of the molecule is CCNC(=NCC1(c2ccc(F)cc2)CCOCC1)N1CCC(Oc2ccccc2)CC1. The molecule has 6 heteroatoms. The number of para-hydroxylation sites is 1. The molecule has 2 aromatic carbocycles. The number of benzene rings is 2. The van der Waals surface area contributed by atoms with Crippen molar-refractivity contribution >= 4 is 5.96 Å². The Bertz CT molecular complexity index is 858. The fraction of sp³-hybridized carbons (Fsp3) is 0.500. The van der Waals surface area contributed by atoms with E-state index in [1.54, 1.807) is 12.1 Å². The second-order valence-corrected chi connectivity index (χ2v) is 8.69. The highest BCUT2D eigenvalue weighted by molar-refractivity contribution is 5.80. The molecular formula is C26H34FN3O2. The number of hydrogen-bond acceptors (Lipinski definition) is 3. The molecule has 2 aliphatic rings. The summed E-state index contributed by atoms with van der Waals surface area (Å²) in [5.41, 5.74) is 1.04. The van der Waals surface area contributed by atoms with E-state index in [9.17, 15) is 4.39 Å². The van der Waals surface area contributed by atoms with Crippen molar-refractivity contribution in [2.45, 2.75) is 44.1 Å². The van der Waals surface area contributed by atoms with Crippen LogP contribution < -0.4 is 10.1 Å². The van der Waals surface area contributed by atoms with Crippen LogP contribution >= 0.6 is 0 Å². The number of likely N-dealkylation sites (tertiary alicyclic amines) is 1. The zero-order chi connectivity index (χ0) is 22.2. The van der Waals surface area contributed by atoms with E-state index >= 15 is 0 Å². The van der Waals surface area contributed by atoms with Crippen LogP contribution in [0.25, 0.3) is 0 Å². The van der Waals surface area contributed by atoms with Gasteiger partial charge in [-0.2, -0.15) is 0 Å². The van der Waals surface area contributed by atoms with E-state index in [1.807, 2.05) is 42.5 Å². The van der Waals surface area contributed by atoms with Crippen LogP contribution in [0.5, 0.6) is 5.75 Å². The number of guanidine groups is 1. The van der Waals surface area contributed by atoms with E-state index in [1.165, 1.54) is 0 Å². The average Bonchev–Trinajstić information content (AvgIpc) is 2.84. The molecule has 32 heavy (non-hydrogen) atoms. The van der Waals surface area contributed by atoms with Gasteiger partial charge in [-0.15, -0.1) is 0 Å². The fourth-order valence-corrected chi connectivity index (χ4v) is 4.63. The number of nitrogens with one attached hydrogen (secondary N) is 1. The number of aliphatic imine (C=N–C) groups is 1. The summed E-state index contributed by atoms with van der Waals surface area (Å²) in [6, 6.07) is 17.0. The molecule has 1 N–H and O–H groups in total. The van der Waals surface area contributed by atoms with Gasteiger partial charge in [0.05, 0.1) is 6.54 Å². The Labute approximate surface area is 190 Å². The number of halogens is 1. The van der Waals surface area contributed by atoms with Gasteiger partial charge in [0.1, 0.15) is 17.7 Å². The molecule has 0 aliphatic carbocycles. The zero-order valence-corrected chi connectivity index (χ0v) is 18.9. The highest BCUT2D eigenvalue weighted by Crippen LogP contribution is 2.35. The molecule has 0 bridgehead atoms. The normalized spacial score (nSPS) is 19.6. The maximum absolute atomic E-state index is 13.5. The third-order valence-electron chi connectivity index (χ3n) is 6.56. The number of rotatable bonds is 6. The van der Waals surface area contributed by atoms with Gasteiger partial charge in [-0.1, -0.05) is 30.3 Å². The molecule has 2 saturated heterocycles. The first-order chi connectivity index (χ1) is 15.7. The van der Waals surface area contributed by atoms with Crippen LogP contribution in [-0.2, 0) is 10.2 Å². The third kappa shape index (κ3) is 5.60. The molecule has 0 aromatic heterocycles. The minimum Gasteiger partial charge on any atom is -0.490 e. The van der Waals surface area contributed by atoms with Crippen molar-refractivity contribution in [3.8, 4) is 5.75 Å². The van der Waals surface area contributed by atoms with Crippen LogP contribution in [-0.4, -0.2) is 56.4 Å². The van der Waals surface area contributed by atoms with E-state index in [0.717, 1.165) is 62.6 Å². The van der Waals surface area contributed by atoms with E-state index in [2.05, 4.69) is 17.1 Å². The van der Waals surface area contributed by atoms with Crippen molar-refractivity contribution in [2.75, 3.05) is 39.4 Å². The van der Waals surface area contributed by atoms with Gasteiger partial charge in [0, 0.05) is 51.1 Å². The van der Waals surface area contributed by atoms with Gasteiger partial charge in [-0.3, -0.25) is 4.99 Å². The number of piperidine rings is 1. The van der Waals surface area contributed by atoms with Gasteiger partial charge < -0.3 is 19.7 Å². The predicted molar refractivity (Wildman–Crippen MR) is 126 cm³/mol. The molecule has 0 amide bonds. The van der Waals surface area contributed by atoms with Crippen molar-refractivity contribution in [3.63, 3.8) is 0 Å². The molecule has 172 valence electrons. The van der Waals surface area contributed by atoms with Gasteiger partial charge in [0.15, 0.2) is 5.96 Å². The maximum atomic E-state index is 13.5. The number of hydrogen-bond donors (Lipinski definition) is 1. The highest BCUT2D eigenvalue weighted by atomic mass is 19.1. The Kier molecular flexibility index (Phi) is 7.63. The average molecular weight is 440 g/mol. The van der Waals surface area contributed by atoms with Gasteiger partial charge in [0.25, 0.3) is 0 Å². The van der Waals surface area contributed by atoms with Gasteiger partial charge in [-0.25, -0.2) is 4.39 Å². The second-order valence-electron chi connectivity index (χ2n) is 8.69. The van der Waals surface area contributed by atoms with Crippen molar-refractivity contribution in [1.82, 2.24) is 10.2 Å². The molecule has 0 radical (unpaired) electrons. The van der Waals surface area contributed by atoms with Gasteiger partial charge >= 0.3 is 0 Å². The summed E-state index contributed by atoms with van der Waals surface area (Å²) in [6.07, 6.45) is 3.97. The first-order valence-corrected chi connectivity index (χ1v) is 11.8. The molecule has 0 atom stereocenters. The Morgan fingerprint density at radius 3 is 2.44 bits per heavy atom. The van der Waals surface area contributed by atoms with Crippen molar-refractivity contribution in [2.24, 2.45) is 4.99 Å². The lowest BCUT2D eigenvalue weighted by Crippen LogP contribution is -2.48. The lowest BCUT2D eigenvalue weighted by molar-refractivity contribution is 0.0529.